The highest BCUT2D eigenvalue weighted by atomic mass is 35.5. The minimum absolute atomic E-state index is 0.217. The predicted octanol–water partition coefficient (Wildman–Crippen LogP) is 3.30. The summed E-state index contributed by atoms with van der Waals surface area (Å²) < 4.78 is 0. The molecule has 1 N–H and O–H groups in total. The molecule has 0 aliphatic carbocycles. The molecule has 0 bridgehead atoms. The molecular weight excluding hydrogens is 287 g/mol. The zero-order valence-corrected chi connectivity index (χ0v) is 12.9. The van der Waals surface area contributed by atoms with Crippen molar-refractivity contribution in [3.63, 3.8) is 0 Å². The molecule has 2 unspecified atom stereocenters. The third-order valence-electron chi connectivity index (χ3n) is 3.46. The van der Waals surface area contributed by atoms with Gasteiger partial charge in [-0.2, -0.15) is 11.8 Å². The zero-order valence-electron chi connectivity index (χ0n) is 10.6. The Kier molecular flexibility index (Phi) is 5.22. The first-order chi connectivity index (χ1) is 8.65. The van der Waals surface area contributed by atoms with E-state index in [-0.39, 0.29) is 6.04 Å². The molecule has 1 aromatic carbocycles. The van der Waals surface area contributed by atoms with E-state index in [0.717, 1.165) is 17.9 Å². The molecule has 1 aromatic rings. The van der Waals surface area contributed by atoms with Crippen molar-refractivity contribution in [1.82, 2.24) is 10.2 Å². The maximum absolute atomic E-state index is 6.34. The Hall–Kier alpha value is 0.0700. The lowest BCUT2D eigenvalue weighted by Crippen LogP contribution is -2.47. The van der Waals surface area contributed by atoms with Gasteiger partial charge in [0.2, 0.25) is 0 Å². The number of nitrogens with one attached hydrogen (secondary N) is 1. The Bertz CT molecular complexity index is 414. The number of nitrogens with zero attached hydrogens (tertiary/aromatic N) is 1. The van der Waals surface area contributed by atoms with Crippen molar-refractivity contribution in [3.8, 4) is 0 Å². The Labute approximate surface area is 123 Å². The van der Waals surface area contributed by atoms with Gasteiger partial charge in [0.1, 0.15) is 0 Å². The summed E-state index contributed by atoms with van der Waals surface area (Å²) in [6, 6.07) is 6.52. The van der Waals surface area contributed by atoms with E-state index in [9.17, 15) is 0 Å². The van der Waals surface area contributed by atoms with E-state index in [0.29, 0.717) is 16.1 Å². The fraction of sp³-hybridized carbons (Fsp3) is 0.538. The fourth-order valence-corrected chi connectivity index (χ4v) is 4.07. The first kappa shape index (κ1) is 14.5. The van der Waals surface area contributed by atoms with Gasteiger partial charge in [-0.15, -0.1) is 0 Å². The van der Waals surface area contributed by atoms with E-state index in [1.165, 1.54) is 5.75 Å². The van der Waals surface area contributed by atoms with Crippen LogP contribution in [0.3, 0.4) is 0 Å². The Balaban J connectivity index is 2.29. The van der Waals surface area contributed by atoms with Crippen LogP contribution in [0.5, 0.6) is 0 Å². The van der Waals surface area contributed by atoms with Gasteiger partial charge in [-0.25, -0.2) is 0 Å². The van der Waals surface area contributed by atoms with Gasteiger partial charge in [-0.3, -0.25) is 4.90 Å². The Morgan fingerprint density at radius 1 is 1.44 bits per heavy atom. The van der Waals surface area contributed by atoms with E-state index in [2.05, 4.69) is 23.3 Å². The van der Waals surface area contributed by atoms with Gasteiger partial charge >= 0.3 is 0 Å². The van der Waals surface area contributed by atoms with E-state index < -0.39 is 0 Å². The van der Waals surface area contributed by atoms with Gasteiger partial charge in [0.05, 0.1) is 10.0 Å². The second-order valence-corrected chi connectivity index (χ2v) is 6.47. The number of hydrogen-bond acceptors (Lipinski definition) is 3. The van der Waals surface area contributed by atoms with Gasteiger partial charge in [0.15, 0.2) is 0 Å². The number of halogens is 2. The predicted molar refractivity (Wildman–Crippen MR) is 82.0 cm³/mol. The van der Waals surface area contributed by atoms with Gasteiger partial charge < -0.3 is 5.32 Å². The molecule has 1 heterocycles. The molecule has 0 saturated carbocycles. The minimum Gasteiger partial charge on any atom is -0.312 e. The molecule has 100 valence electrons. The van der Waals surface area contributed by atoms with Crippen LogP contribution in [0.2, 0.25) is 10.0 Å². The second kappa shape index (κ2) is 6.49. The molecule has 2 nitrogen and oxygen atoms in total. The van der Waals surface area contributed by atoms with Crippen LogP contribution in [0.15, 0.2) is 18.2 Å². The average molecular weight is 305 g/mol. The molecule has 1 fully saturated rings. The van der Waals surface area contributed by atoms with E-state index in [1.54, 1.807) is 0 Å². The highest BCUT2D eigenvalue weighted by molar-refractivity contribution is 7.99. The van der Waals surface area contributed by atoms with Crippen molar-refractivity contribution < 1.29 is 0 Å². The largest absolute Gasteiger partial charge is 0.312 e. The third kappa shape index (κ3) is 2.97. The average Bonchev–Trinajstić information content (AvgIpc) is 2.37. The topological polar surface area (TPSA) is 15.3 Å². The smallest absolute Gasteiger partial charge is 0.0640 e. The summed E-state index contributed by atoms with van der Waals surface area (Å²) in [5.41, 5.74) is 1.09. The fourth-order valence-electron chi connectivity index (χ4n) is 2.37. The molecule has 2 atom stereocenters. The quantitative estimate of drug-likeness (QED) is 0.922. The summed E-state index contributed by atoms with van der Waals surface area (Å²) >= 11 is 14.4. The number of hydrogen-bond donors (Lipinski definition) is 1. The third-order valence-corrected chi connectivity index (χ3v) is 5.34. The summed E-state index contributed by atoms with van der Waals surface area (Å²) in [6.07, 6.45) is 0. The van der Waals surface area contributed by atoms with Gasteiger partial charge in [-0.05, 0) is 25.7 Å². The molecule has 0 amide bonds. The molecule has 1 aliphatic heterocycles. The molecule has 18 heavy (non-hydrogen) atoms. The molecule has 0 spiro atoms. The lowest BCUT2D eigenvalue weighted by Gasteiger charge is -2.38. The van der Waals surface area contributed by atoms with Crippen LogP contribution in [0.25, 0.3) is 0 Å². The zero-order chi connectivity index (χ0) is 13.1. The van der Waals surface area contributed by atoms with Gasteiger partial charge in [0.25, 0.3) is 0 Å². The second-order valence-electron chi connectivity index (χ2n) is 4.53. The number of thioether (sulfide) groups is 1. The normalized spacial score (nSPS) is 23.0. The number of likely N-dealkylation sites (N-methyl/N-ethyl adjacent to an activating group) is 2. The maximum Gasteiger partial charge on any atom is 0.0640 e. The minimum atomic E-state index is 0.217. The molecule has 1 saturated heterocycles. The Morgan fingerprint density at radius 3 is 2.89 bits per heavy atom. The van der Waals surface area contributed by atoms with Crippen LogP contribution in [0.4, 0.5) is 0 Å². The van der Waals surface area contributed by atoms with Crippen LogP contribution in [0, 0.1) is 0 Å². The summed E-state index contributed by atoms with van der Waals surface area (Å²) in [7, 11) is 4.15. The van der Waals surface area contributed by atoms with Gasteiger partial charge in [-0.1, -0.05) is 35.3 Å². The highest BCUT2D eigenvalue weighted by Crippen LogP contribution is 2.34. The van der Waals surface area contributed by atoms with E-state index >= 15 is 0 Å². The maximum atomic E-state index is 6.34. The van der Waals surface area contributed by atoms with Crippen molar-refractivity contribution in [3.05, 3.63) is 33.8 Å². The molecule has 2 rings (SSSR count). The first-order valence-corrected chi connectivity index (χ1v) is 7.95. The van der Waals surface area contributed by atoms with Crippen molar-refractivity contribution in [2.24, 2.45) is 0 Å². The van der Waals surface area contributed by atoms with Crippen LogP contribution < -0.4 is 5.32 Å². The lowest BCUT2D eigenvalue weighted by atomic mass is 9.99. The van der Waals surface area contributed by atoms with Crippen molar-refractivity contribution in [1.29, 1.82) is 0 Å². The Morgan fingerprint density at radius 2 is 2.22 bits per heavy atom. The number of benzene rings is 1. The summed E-state index contributed by atoms with van der Waals surface area (Å²) in [5.74, 6) is 2.32. The van der Waals surface area contributed by atoms with Crippen LogP contribution in [-0.4, -0.2) is 43.1 Å². The van der Waals surface area contributed by atoms with E-state index in [1.807, 2.05) is 30.9 Å². The van der Waals surface area contributed by atoms with Crippen LogP contribution >= 0.6 is 35.0 Å². The SMILES string of the molecule is CNC(c1cccc(Cl)c1Cl)C1CSCCN1C. The summed E-state index contributed by atoms with van der Waals surface area (Å²) in [5, 5.41) is 4.68. The standard InChI is InChI=1S/C13H18Cl2N2S/c1-16-13(11-8-18-7-6-17(11)2)9-4-3-5-10(14)12(9)15/h3-5,11,13,16H,6-8H2,1-2H3. The molecule has 0 radical (unpaired) electrons. The molecule has 5 heteroatoms. The van der Waals surface area contributed by atoms with Gasteiger partial charge in [0, 0.05) is 30.1 Å². The molecular formula is C13H18Cl2N2S. The summed E-state index contributed by atoms with van der Waals surface area (Å²) in [6.45, 7) is 1.12. The van der Waals surface area contributed by atoms with Crippen molar-refractivity contribution >= 4 is 35.0 Å². The first-order valence-electron chi connectivity index (χ1n) is 6.04. The van der Waals surface area contributed by atoms with Crippen molar-refractivity contribution in [2.75, 3.05) is 32.1 Å². The van der Waals surface area contributed by atoms with E-state index in [4.69, 9.17) is 23.2 Å². The molecule has 1 aliphatic rings. The van der Waals surface area contributed by atoms with Crippen LogP contribution in [-0.2, 0) is 0 Å². The van der Waals surface area contributed by atoms with Crippen LogP contribution in [0.1, 0.15) is 11.6 Å². The highest BCUT2D eigenvalue weighted by Gasteiger charge is 2.29. The lowest BCUT2D eigenvalue weighted by molar-refractivity contribution is 0.221. The summed E-state index contributed by atoms with van der Waals surface area (Å²) in [4.78, 5) is 2.40. The monoisotopic (exact) mass is 304 g/mol. The molecule has 0 aromatic heterocycles. The van der Waals surface area contributed by atoms with Crippen molar-refractivity contribution in [2.45, 2.75) is 12.1 Å². The number of rotatable bonds is 3.